The van der Waals surface area contributed by atoms with Crippen LogP contribution in [0.2, 0.25) is 0 Å². The number of nitrogens with zero attached hydrogens (tertiary/aromatic N) is 2. The molecule has 0 spiro atoms. The number of likely N-dealkylation sites (N-methyl/N-ethyl adjacent to an activating group) is 1. The molecule has 1 N–H and O–H groups in total. The van der Waals surface area contributed by atoms with Crippen LogP contribution in [0.4, 0.5) is 0 Å². The van der Waals surface area contributed by atoms with Gasteiger partial charge in [-0.3, -0.25) is 4.68 Å². The first-order chi connectivity index (χ1) is 9.26. The summed E-state index contributed by atoms with van der Waals surface area (Å²) in [5.41, 5.74) is 4.00. The Balaban J connectivity index is 1.97. The van der Waals surface area contributed by atoms with Crippen LogP contribution < -0.4 is 10.1 Å². The van der Waals surface area contributed by atoms with Crippen molar-refractivity contribution in [2.45, 2.75) is 18.4 Å². The number of aryl methyl sites for hydroxylation is 1. The zero-order valence-electron chi connectivity index (χ0n) is 11.6. The van der Waals surface area contributed by atoms with Crippen molar-refractivity contribution in [3.63, 3.8) is 0 Å². The van der Waals surface area contributed by atoms with E-state index in [4.69, 9.17) is 4.74 Å². The van der Waals surface area contributed by atoms with Gasteiger partial charge in [-0.05, 0) is 24.6 Å². The summed E-state index contributed by atoms with van der Waals surface area (Å²) >= 11 is 0. The van der Waals surface area contributed by atoms with Crippen molar-refractivity contribution in [1.29, 1.82) is 0 Å². The molecule has 1 heterocycles. The zero-order valence-corrected chi connectivity index (χ0v) is 11.6. The Morgan fingerprint density at radius 3 is 2.89 bits per heavy atom. The molecule has 0 saturated carbocycles. The Hall–Kier alpha value is -1.81. The number of benzene rings is 1. The molecule has 1 aliphatic carbocycles. The summed E-state index contributed by atoms with van der Waals surface area (Å²) in [5.74, 6) is 1.34. The number of hydrogen-bond donors (Lipinski definition) is 1. The molecular weight excluding hydrogens is 238 g/mol. The molecule has 2 unspecified atom stereocenters. The van der Waals surface area contributed by atoms with Gasteiger partial charge in [0.05, 0.1) is 25.0 Å². The lowest BCUT2D eigenvalue weighted by Crippen LogP contribution is -2.32. The van der Waals surface area contributed by atoms with Gasteiger partial charge >= 0.3 is 0 Å². The topological polar surface area (TPSA) is 39.1 Å². The minimum absolute atomic E-state index is 0.234. The van der Waals surface area contributed by atoms with Crippen molar-refractivity contribution < 1.29 is 4.74 Å². The number of ether oxygens (including phenoxy) is 1. The van der Waals surface area contributed by atoms with Crippen LogP contribution >= 0.6 is 0 Å². The second-order valence-corrected chi connectivity index (χ2v) is 5.00. The molecule has 0 amide bonds. The first-order valence-corrected chi connectivity index (χ1v) is 6.57. The highest BCUT2D eigenvalue weighted by Gasteiger charge is 2.35. The molecule has 0 bridgehead atoms. The molecule has 0 saturated heterocycles. The highest BCUT2D eigenvalue weighted by molar-refractivity contribution is 5.44. The molecule has 0 fully saturated rings. The van der Waals surface area contributed by atoms with Gasteiger partial charge in [0.25, 0.3) is 0 Å². The van der Waals surface area contributed by atoms with Gasteiger partial charge in [0.1, 0.15) is 0 Å². The fourth-order valence-corrected chi connectivity index (χ4v) is 3.06. The van der Waals surface area contributed by atoms with Crippen LogP contribution in [-0.4, -0.2) is 23.9 Å². The molecule has 0 radical (unpaired) electrons. The minimum atomic E-state index is 0.234. The predicted molar refractivity (Wildman–Crippen MR) is 74.4 cm³/mol. The van der Waals surface area contributed by atoms with E-state index in [1.54, 1.807) is 13.3 Å². The molecular formula is C15H19N3O. The van der Waals surface area contributed by atoms with Crippen LogP contribution in [0.25, 0.3) is 0 Å². The lowest BCUT2D eigenvalue weighted by Gasteiger charge is -2.36. The van der Waals surface area contributed by atoms with Gasteiger partial charge in [0, 0.05) is 13.0 Å². The Morgan fingerprint density at radius 2 is 2.21 bits per heavy atom. The van der Waals surface area contributed by atoms with E-state index in [0.717, 1.165) is 17.9 Å². The predicted octanol–water partition coefficient (Wildman–Crippen LogP) is 2.03. The van der Waals surface area contributed by atoms with Gasteiger partial charge in [-0.1, -0.05) is 24.3 Å². The SMILES string of the molecule is CNC(c1c(OC)cnn1C)C1Cc2ccccc21. The van der Waals surface area contributed by atoms with E-state index in [1.165, 1.54) is 11.1 Å². The van der Waals surface area contributed by atoms with Crippen LogP contribution in [0.15, 0.2) is 30.5 Å². The average Bonchev–Trinajstić information content (AvgIpc) is 2.77. The number of methoxy groups -OCH3 is 1. The van der Waals surface area contributed by atoms with Crippen LogP contribution in [-0.2, 0) is 13.5 Å². The standard InChI is InChI=1S/C15H19N3O/c1-16-14(15-13(19-3)9-17-18(15)2)12-8-10-6-4-5-7-11(10)12/h4-7,9,12,14,16H,8H2,1-3H3. The largest absolute Gasteiger partial charge is 0.493 e. The monoisotopic (exact) mass is 257 g/mol. The Labute approximate surface area is 113 Å². The molecule has 2 aromatic rings. The fraction of sp³-hybridized carbons (Fsp3) is 0.400. The third-order valence-corrected chi connectivity index (χ3v) is 4.07. The van der Waals surface area contributed by atoms with E-state index in [9.17, 15) is 0 Å². The summed E-state index contributed by atoms with van der Waals surface area (Å²) in [7, 11) is 5.66. The maximum Gasteiger partial charge on any atom is 0.161 e. The molecule has 1 aromatic heterocycles. The van der Waals surface area contributed by atoms with E-state index in [1.807, 2.05) is 18.8 Å². The summed E-state index contributed by atoms with van der Waals surface area (Å²) in [6.07, 6.45) is 2.89. The molecule has 2 atom stereocenters. The van der Waals surface area contributed by atoms with Crippen molar-refractivity contribution >= 4 is 0 Å². The zero-order chi connectivity index (χ0) is 13.4. The lowest BCUT2D eigenvalue weighted by atomic mass is 9.72. The molecule has 4 nitrogen and oxygen atoms in total. The van der Waals surface area contributed by atoms with Gasteiger partial charge in [0.2, 0.25) is 0 Å². The molecule has 1 aliphatic rings. The lowest BCUT2D eigenvalue weighted by molar-refractivity contribution is 0.371. The number of hydrogen-bond acceptors (Lipinski definition) is 3. The van der Waals surface area contributed by atoms with Gasteiger partial charge < -0.3 is 10.1 Å². The molecule has 100 valence electrons. The first kappa shape index (κ1) is 12.2. The van der Waals surface area contributed by atoms with E-state index in [0.29, 0.717) is 5.92 Å². The van der Waals surface area contributed by atoms with Crippen molar-refractivity contribution in [2.75, 3.05) is 14.2 Å². The summed E-state index contributed by atoms with van der Waals surface area (Å²) in [4.78, 5) is 0. The second kappa shape index (κ2) is 4.70. The Kier molecular flexibility index (Phi) is 3.03. The quantitative estimate of drug-likeness (QED) is 0.911. The van der Waals surface area contributed by atoms with E-state index in [-0.39, 0.29) is 6.04 Å². The highest BCUT2D eigenvalue weighted by Crippen LogP contribution is 2.44. The first-order valence-electron chi connectivity index (χ1n) is 6.57. The average molecular weight is 257 g/mol. The number of nitrogens with one attached hydrogen (secondary N) is 1. The van der Waals surface area contributed by atoms with Gasteiger partial charge in [-0.15, -0.1) is 0 Å². The Morgan fingerprint density at radius 1 is 1.42 bits per heavy atom. The number of aromatic nitrogens is 2. The maximum atomic E-state index is 5.43. The number of fused-ring (bicyclic) bond motifs is 1. The summed E-state index contributed by atoms with van der Waals surface area (Å²) in [6, 6.07) is 8.87. The van der Waals surface area contributed by atoms with Crippen LogP contribution in [0, 0.1) is 0 Å². The third kappa shape index (κ3) is 1.83. The smallest absolute Gasteiger partial charge is 0.161 e. The van der Waals surface area contributed by atoms with Gasteiger partial charge in [-0.2, -0.15) is 5.10 Å². The molecule has 0 aliphatic heterocycles. The molecule has 3 rings (SSSR count). The maximum absolute atomic E-state index is 5.43. The van der Waals surface area contributed by atoms with Crippen LogP contribution in [0.3, 0.4) is 0 Å². The van der Waals surface area contributed by atoms with Crippen molar-refractivity contribution in [3.05, 3.63) is 47.3 Å². The minimum Gasteiger partial charge on any atom is -0.493 e. The molecule has 19 heavy (non-hydrogen) atoms. The summed E-state index contributed by atoms with van der Waals surface area (Å²) < 4.78 is 7.34. The summed E-state index contributed by atoms with van der Waals surface area (Å²) in [5, 5.41) is 7.73. The Bertz CT molecular complexity index is 591. The van der Waals surface area contributed by atoms with E-state index in [2.05, 4.69) is 34.7 Å². The van der Waals surface area contributed by atoms with E-state index < -0.39 is 0 Å². The van der Waals surface area contributed by atoms with Gasteiger partial charge in [0.15, 0.2) is 5.75 Å². The van der Waals surface area contributed by atoms with Crippen molar-refractivity contribution in [1.82, 2.24) is 15.1 Å². The van der Waals surface area contributed by atoms with Crippen molar-refractivity contribution in [3.8, 4) is 5.75 Å². The summed E-state index contributed by atoms with van der Waals surface area (Å²) in [6.45, 7) is 0. The fourth-order valence-electron chi connectivity index (χ4n) is 3.06. The molecule has 1 aromatic carbocycles. The van der Waals surface area contributed by atoms with Crippen LogP contribution in [0.5, 0.6) is 5.75 Å². The highest BCUT2D eigenvalue weighted by atomic mass is 16.5. The third-order valence-electron chi connectivity index (χ3n) is 4.07. The van der Waals surface area contributed by atoms with Crippen LogP contribution in [0.1, 0.15) is 28.8 Å². The van der Waals surface area contributed by atoms with Crippen molar-refractivity contribution in [2.24, 2.45) is 7.05 Å². The normalized spacial score (nSPS) is 18.6. The van der Waals surface area contributed by atoms with Gasteiger partial charge in [-0.25, -0.2) is 0 Å². The van der Waals surface area contributed by atoms with E-state index >= 15 is 0 Å². The molecule has 4 heteroatoms. The number of rotatable bonds is 4. The second-order valence-electron chi connectivity index (χ2n) is 5.00.